The van der Waals surface area contributed by atoms with Crippen molar-refractivity contribution >= 4 is 0 Å². The van der Waals surface area contributed by atoms with E-state index < -0.39 is 0 Å². The Hall–Kier alpha value is -0.120. The van der Waals surface area contributed by atoms with E-state index in [1.54, 1.807) is 0 Å². The standard InChI is InChI=1S/C13H26O3/c1-2-9-15-10-11-16-13-8-6-4-3-5-7-12(13)14/h12-14H,2-11H2,1H3. The van der Waals surface area contributed by atoms with Crippen LogP contribution in [0, 0.1) is 0 Å². The summed E-state index contributed by atoms with van der Waals surface area (Å²) in [4.78, 5) is 0. The molecule has 0 bridgehead atoms. The molecule has 0 amide bonds. The van der Waals surface area contributed by atoms with Crippen LogP contribution in [0.4, 0.5) is 0 Å². The molecule has 1 rings (SSSR count). The van der Waals surface area contributed by atoms with Gasteiger partial charge in [0.05, 0.1) is 25.4 Å². The van der Waals surface area contributed by atoms with Gasteiger partial charge in [-0.15, -0.1) is 0 Å². The Balaban J connectivity index is 2.11. The van der Waals surface area contributed by atoms with Crippen LogP contribution in [-0.4, -0.2) is 37.1 Å². The first-order valence-corrected chi connectivity index (χ1v) is 6.72. The first kappa shape index (κ1) is 13.9. The molecule has 0 aliphatic heterocycles. The lowest BCUT2D eigenvalue weighted by Gasteiger charge is -2.25. The summed E-state index contributed by atoms with van der Waals surface area (Å²) in [7, 11) is 0. The van der Waals surface area contributed by atoms with Gasteiger partial charge in [0, 0.05) is 6.61 Å². The second kappa shape index (κ2) is 8.97. The first-order chi connectivity index (χ1) is 7.84. The molecule has 0 aromatic rings. The second-order valence-corrected chi connectivity index (χ2v) is 4.58. The monoisotopic (exact) mass is 230 g/mol. The maximum Gasteiger partial charge on any atom is 0.0835 e. The van der Waals surface area contributed by atoms with Gasteiger partial charge in [-0.25, -0.2) is 0 Å². The van der Waals surface area contributed by atoms with Crippen LogP contribution in [0.15, 0.2) is 0 Å². The van der Waals surface area contributed by atoms with Gasteiger partial charge in [0.2, 0.25) is 0 Å². The van der Waals surface area contributed by atoms with Crippen LogP contribution in [-0.2, 0) is 9.47 Å². The van der Waals surface area contributed by atoms with E-state index in [0.29, 0.717) is 13.2 Å². The Bertz CT molecular complexity index is 161. The Morgan fingerprint density at radius 3 is 2.50 bits per heavy atom. The number of rotatable bonds is 6. The summed E-state index contributed by atoms with van der Waals surface area (Å²) in [5.41, 5.74) is 0. The summed E-state index contributed by atoms with van der Waals surface area (Å²) < 4.78 is 11.1. The Labute approximate surface area is 99.1 Å². The van der Waals surface area contributed by atoms with E-state index >= 15 is 0 Å². The third-order valence-electron chi connectivity index (χ3n) is 3.08. The fourth-order valence-corrected chi connectivity index (χ4v) is 2.13. The van der Waals surface area contributed by atoms with Gasteiger partial charge in [0.1, 0.15) is 0 Å². The van der Waals surface area contributed by atoms with Gasteiger partial charge < -0.3 is 14.6 Å². The third kappa shape index (κ3) is 5.83. The predicted octanol–water partition coefficient (Wildman–Crippen LogP) is 2.51. The molecule has 0 aromatic heterocycles. The van der Waals surface area contributed by atoms with E-state index in [1.165, 1.54) is 19.3 Å². The highest BCUT2D eigenvalue weighted by atomic mass is 16.5. The maximum atomic E-state index is 9.91. The summed E-state index contributed by atoms with van der Waals surface area (Å²) in [6.45, 7) is 4.16. The van der Waals surface area contributed by atoms with E-state index in [0.717, 1.165) is 32.3 Å². The quantitative estimate of drug-likeness (QED) is 0.713. The molecule has 1 saturated carbocycles. The fourth-order valence-electron chi connectivity index (χ4n) is 2.13. The molecule has 0 saturated heterocycles. The molecule has 1 N–H and O–H groups in total. The lowest BCUT2D eigenvalue weighted by atomic mass is 9.96. The van der Waals surface area contributed by atoms with E-state index in [-0.39, 0.29) is 12.2 Å². The van der Waals surface area contributed by atoms with Gasteiger partial charge in [-0.05, 0) is 19.3 Å². The molecule has 0 aromatic carbocycles. The van der Waals surface area contributed by atoms with Crippen molar-refractivity contribution in [3.05, 3.63) is 0 Å². The van der Waals surface area contributed by atoms with Gasteiger partial charge in [-0.3, -0.25) is 0 Å². The number of ether oxygens (including phenoxy) is 2. The second-order valence-electron chi connectivity index (χ2n) is 4.58. The predicted molar refractivity (Wildman–Crippen MR) is 64.6 cm³/mol. The summed E-state index contributed by atoms with van der Waals surface area (Å²) in [5, 5.41) is 9.91. The average molecular weight is 230 g/mol. The highest BCUT2D eigenvalue weighted by Crippen LogP contribution is 2.19. The largest absolute Gasteiger partial charge is 0.390 e. The lowest BCUT2D eigenvalue weighted by Crippen LogP contribution is -2.31. The molecular weight excluding hydrogens is 204 g/mol. The highest BCUT2D eigenvalue weighted by molar-refractivity contribution is 4.72. The Morgan fingerprint density at radius 1 is 1.00 bits per heavy atom. The van der Waals surface area contributed by atoms with E-state index in [9.17, 15) is 5.11 Å². The third-order valence-corrected chi connectivity index (χ3v) is 3.08. The van der Waals surface area contributed by atoms with Gasteiger partial charge in [0.25, 0.3) is 0 Å². The van der Waals surface area contributed by atoms with Gasteiger partial charge in [-0.2, -0.15) is 0 Å². The van der Waals surface area contributed by atoms with Crippen molar-refractivity contribution in [2.75, 3.05) is 19.8 Å². The molecule has 2 unspecified atom stereocenters. The van der Waals surface area contributed by atoms with Crippen molar-refractivity contribution in [2.24, 2.45) is 0 Å². The summed E-state index contributed by atoms with van der Waals surface area (Å²) in [6, 6.07) is 0. The normalized spacial score (nSPS) is 27.4. The van der Waals surface area contributed by atoms with Crippen molar-refractivity contribution in [1.82, 2.24) is 0 Å². The van der Waals surface area contributed by atoms with Crippen LogP contribution in [0.1, 0.15) is 51.9 Å². The van der Waals surface area contributed by atoms with E-state index in [4.69, 9.17) is 9.47 Å². The molecule has 96 valence electrons. The van der Waals surface area contributed by atoms with Gasteiger partial charge >= 0.3 is 0 Å². The van der Waals surface area contributed by atoms with Gasteiger partial charge in [0.15, 0.2) is 0 Å². The van der Waals surface area contributed by atoms with E-state index in [1.807, 2.05) is 0 Å². The van der Waals surface area contributed by atoms with Crippen molar-refractivity contribution in [3.63, 3.8) is 0 Å². The topological polar surface area (TPSA) is 38.7 Å². The molecular formula is C13H26O3. The smallest absolute Gasteiger partial charge is 0.0835 e. The fraction of sp³-hybridized carbons (Fsp3) is 1.00. The molecule has 16 heavy (non-hydrogen) atoms. The molecule has 0 radical (unpaired) electrons. The molecule has 1 aliphatic carbocycles. The number of hydrogen-bond acceptors (Lipinski definition) is 3. The van der Waals surface area contributed by atoms with Crippen molar-refractivity contribution in [1.29, 1.82) is 0 Å². The molecule has 3 nitrogen and oxygen atoms in total. The zero-order valence-corrected chi connectivity index (χ0v) is 10.5. The van der Waals surface area contributed by atoms with Crippen LogP contribution in [0.2, 0.25) is 0 Å². The Morgan fingerprint density at radius 2 is 1.75 bits per heavy atom. The van der Waals surface area contributed by atoms with Crippen LogP contribution in [0.3, 0.4) is 0 Å². The van der Waals surface area contributed by atoms with Crippen LogP contribution in [0.25, 0.3) is 0 Å². The van der Waals surface area contributed by atoms with Crippen molar-refractivity contribution in [3.8, 4) is 0 Å². The Kier molecular flexibility index (Phi) is 7.81. The zero-order chi connectivity index (χ0) is 11.6. The molecule has 3 heteroatoms. The number of aliphatic hydroxyl groups is 1. The molecule has 2 atom stereocenters. The first-order valence-electron chi connectivity index (χ1n) is 6.72. The van der Waals surface area contributed by atoms with Crippen LogP contribution < -0.4 is 0 Å². The number of hydrogen-bond donors (Lipinski definition) is 1. The summed E-state index contributed by atoms with van der Waals surface area (Å²) >= 11 is 0. The maximum absolute atomic E-state index is 9.91. The minimum atomic E-state index is -0.272. The number of aliphatic hydroxyl groups excluding tert-OH is 1. The summed E-state index contributed by atoms with van der Waals surface area (Å²) in [5.74, 6) is 0. The molecule has 0 spiro atoms. The zero-order valence-electron chi connectivity index (χ0n) is 10.5. The highest BCUT2D eigenvalue weighted by Gasteiger charge is 2.20. The average Bonchev–Trinajstić information content (AvgIpc) is 2.27. The minimum absolute atomic E-state index is 0.0329. The van der Waals surface area contributed by atoms with E-state index in [2.05, 4.69) is 6.92 Å². The van der Waals surface area contributed by atoms with Crippen molar-refractivity contribution < 1.29 is 14.6 Å². The minimum Gasteiger partial charge on any atom is -0.390 e. The molecule has 1 aliphatic rings. The SMILES string of the molecule is CCCOCCOC1CCCCCCC1O. The van der Waals surface area contributed by atoms with Crippen molar-refractivity contribution in [2.45, 2.75) is 64.1 Å². The molecule has 1 fully saturated rings. The van der Waals surface area contributed by atoms with Crippen LogP contribution in [0.5, 0.6) is 0 Å². The molecule has 0 heterocycles. The summed E-state index contributed by atoms with van der Waals surface area (Å²) in [6.07, 6.45) is 7.53. The van der Waals surface area contributed by atoms with Gasteiger partial charge in [-0.1, -0.05) is 32.6 Å². The lowest BCUT2D eigenvalue weighted by molar-refractivity contribution is -0.0655. The van der Waals surface area contributed by atoms with Crippen LogP contribution >= 0.6 is 0 Å².